The van der Waals surface area contributed by atoms with Crippen molar-refractivity contribution in [2.24, 2.45) is 0 Å². The molecule has 6 heteroatoms. The van der Waals surface area contributed by atoms with Gasteiger partial charge in [0.15, 0.2) is 0 Å². The number of hydrogen-bond acceptors (Lipinski definition) is 3. The Morgan fingerprint density at radius 2 is 1.67 bits per heavy atom. The van der Waals surface area contributed by atoms with Crippen LogP contribution >= 0.6 is 15.9 Å². The number of alkyl halides is 2. The first-order chi connectivity index (χ1) is 10.0. The molecule has 0 amide bonds. The second-order valence-electron chi connectivity index (χ2n) is 4.24. The molecule has 112 valence electrons. The number of benzene rings is 2. The molecule has 0 heterocycles. The van der Waals surface area contributed by atoms with E-state index in [4.69, 9.17) is 4.74 Å². The van der Waals surface area contributed by atoms with E-state index in [1.807, 2.05) is 0 Å². The molecule has 1 N–H and O–H groups in total. The van der Waals surface area contributed by atoms with E-state index in [9.17, 15) is 13.9 Å². The molecule has 0 radical (unpaired) electrons. The molecule has 2 aromatic rings. The van der Waals surface area contributed by atoms with Gasteiger partial charge in [0.2, 0.25) is 0 Å². The zero-order valence-electron chi connectivity index (χ0n) is 11.1. The maximum absolute atomic E-state index is 12.1. The smallest absolute Gasteiger partial charge is 0.387 e. The van der Waals surface area contributed by atoms with Gasteiger partial charge in [-0.15, -0.1) is 0 Å². The molecular formula is C15H13BrF2O3. The minimum absolute atomic E-state index is 0.0526. The first-order valence-electron chi connectivity index (χ1n) is 6.07. The van der Waals surface area contributed by atoms with E-state index in [0.717, 1.165) is 4.47 Å². The number of ether oxygens (including phenoxy) is 2. The van der Waals surface area contributed by atoms with Gasteiger partial charge in [-0.2, -0.15) is 8.78 Å². The van der Waals surface area contributed by atoms with Gasteiger partial charge in [0.05, 0.1) is 11.6 Å². The topological polar surface area (TPSA) is 38.7 Å². The summed E-state index contributed by atoms with van der Waals surface area (Å²) in [6.45, 7) is -2.86. The Morgan fingerprint density at radius 3 is 2.19 bits per heavy atom. The van der Waals surface area contributed by atoms with Crippen molar-refractivity contribution in [2.45, 2.75) is 12.7 Å². The molecule has 0 aliphatic rings. The minimum Gasteiger partial charge on any atom is -0.496 e. The zero-order chi connectivity index (χ0) is 15.4. The van der Waals surface area contributed by atoms with Crippen molar-refractivity contribution < 1.29 is 23.4 Å². The van der Waals surface area contributed by atoms with Crippen LogP contribution in [-0.2, 0) is 0 Å². The van der Waals surface area contributed by atoms with Gasteiger partial charge in [-0.1, -0.05) is 18.2 Å². The summed E-state index contributed by atoms with van der Waals surface area (Å²) >= 11 is 3.35. The molecule has 0 spiro atoms. The van der Waals surface area contributed by atoms with Gasteiger partial charge < -0.3 is 14.6 Å². The third-order valence-corrected chi connectivity index (χ3v) is 3.53. The fraction of sp³-hybridized carbons (Fsp3) is 0.200. The van der Waals surface area contributed by atoms with Crippen LogP contribution in [0.25, 0.3) is 0 Å². The molecule has 0 saturated heterocycles. The quantitative estimate of drug-likeness (QED) is 0.872. The predicted molar refractivity (Wildman–Crippen MR) is 77.8 cm³/mol. The molecule has 2 aromatic carbocycles. The third kappa shape index (κ3) is 3.92. The molecule has 21 heavy (non-hydrogen) atoms. The lowest BCUT2D eigenvalue weighted by Crippen LogP contribution is -2.03. The lowest BCUT2D eigenvalue weighted by atomic mass is 10.0. The van der Waals surface area contributed by atoms with Gasteiger partial charge in [-0.05, 0) is 51.3 Å². The summed E-state index contributed by atoms with van der Waals surface area (Å²) in [6, 6.07) is 11.1. The highest BCUT2D eigenvalue weighted by molar-refractivity contribution is 9.10. The first kappa shape index (κ1) is 15.7. The summed E-state index contributed by atoms with van der Waals surface area (Å²) in [5.41, 5.74) is 1.24. The maximum Gasteiger partial charge on any atom is 0.387 e. The van der Waals surface area contributed by atoms with Crippen LogP contribution in [0.15, 0.2) is 46.9 Å². The van der Waals surface area contributed by atoms with Crippen LogP contribution in [-0.4, -0.2) is 18.8 Å². The molecule has 1 unspecified atom stereocenters. The Kier molecular flexibility index (Phi) is 5.14. The number of hydrogen-bond donors (Lipinski definition) is 1. The molecule has 2 rings (SSSR count). The van der Waals surface area contributed by atoms with E-state index in [1.54, 1.807) is 37.4 Å². The van der Waals surface area contributed by atoms with Gasteiger partial charge in [0, 0.05) is 0 Å². The Morgan fingerprint density at radius 1 is 1.05 bits per heavy atom. The molecule has 0 fully saturated rings. The van der Waals surface area contributed by atoms with Crippen LogP contribution < -0.4 is 9.47 Å². The van der Waals surface area contributed by atoms with Gasteiger partial charge >= 0.3 is 6.61 Å². The molecule has 3 nitrogen and oxygen atoms in total. The molecule has 0 bridgehead atoms. The maximum atomic E-state index is 12.1. The average Bonchev–Trinajstić information content (AvgIpc) is 2.46. The molecular weight excluding hydrogens is 346 g/mol. The second kappa shape index (κ2) is 6.87. The van der Waals surface area contributed by atoms with Crippen molar-refractivity contribution in [3.05, 3.63) is 58.1 Å². The first-order valence-corrected chi connectivity index (χ1v) is 6.87. The number of methoxy groups -OCH3 is 1. The molecule has 0 saturated carbocycles. The lowest BCUT2D eigenvalue weighted by molar-refractivity contribution is -0.0498. The Labute approximate surface area is 129 Å². The van der Waals surface area contributed by atoms with Crippen LogP contribution in [0.4, 0.5) is 8.78 Å². The lowest BCUT2D eigenvalue weighted by Gasteiger charge is -2.14. The monoisotopic (exact) mass is 358 g/mol. The highest BCUT2D eigenvalue weighted by atomic mass is 79.9. The van der Waals surface area contributed by atoms with E-state index in [2.05, 4.69) is 20.7 Å². The number of halogens is 3. The number of aliphatic hydroxyl groups excluding tert-OH is 1. The SMILES string of the molecule is COc1ccc(C(O)c2ccc(OC(F)F)cc2)cc1Br. The third-order valence-electron chi connectivity index (χ3n) is 2.91. The second-order valence-corrected chi connectivity index (χ2v) is 5.10. The number of aliphatic hydroxyl groups is 1. The van der Waals surface area contributed by atoms with Crippen molar-refractivity contribution in [3.8, 4) is 11.5 Å². The fourth-order valence-electron chi connectivity index (χ4n) is 1.88. The molecule has 0 aliphatic heterocycles. The standard InChI is InChI=1S/C15H13BrF2O3/c1-20-13-7-4-10(8-12(13)16)14(19)9-2-5-11(6-3-9)21-15(17)18/h2-8,14-15,19H,1H3. The van der Waals surface area contributed by atoms with Gasteiger partial charge in [0.1, 0.15) is 17.6 Å². The van der Waals surface area contributed by atoms with Crippen molar-refractivity contribution in [1.29, 1.82) is 0 Å². The van der Waals surface area contributed by atoms with Crippen molar-refractivity contribution >= 4 is 15.9 Å². The Bertz CT molecular complexity index is 602. The minimum atomic E-state index is -2.86. The number of rotatable bonds is 5. The highest BCUT2D eigenvalue weighted by Crippen LogP contribution is 2.31. The summed E-state index contributed by atoms with van der Waals surface area (Å²) < 4.78 is 34.3. The van der Waals surface area contributed by atoms with Crippen molar-refractivity contribution in [1.82, 2.24) is 0 Å². The van der Waals surface area contributed by atoms with Gasteiger partial charge in [-0.25, -0.2) is 0 Å². The fourth-order valence-corrected chi connectivity index (χ4v) is 2.44. The van der Waals surface area contributed by atoms with Crippen molar-refractivity contribution in [2.75, 3.05) is 7.11 Å². The molecule has 1 atom stereocenters. The molecule has 0 aromatic heterocycles. The average molecular weight is 359 g/mol. The van der Waals surface area contributed by atoms with E-state index >= 15 is 0 Å². The van der Waals surface area contributed by atoms with E-state index < -0.39 is 12.7 Å². The normalized spacial score (nSPS) is 12.3. The van der Waals surface area contributed by atoms with Gasteiger partial charge in [0.25, 0.3) is 0 Å². The van der Waals surface area contributed by atoms with E-state index in [-0.39, 0.29) is 5.75 Å². The molecule has 0 aliphatic carbocycles. The summed E-state index contributed by atoms with van der Waals surface area (Å²) in [7, 11) is 1.55. The van der Waals surface area contributed by atoms with Crippen molar-refractivity contribution in [3.63, 3.8) is 0 Å². The zero-order valence-corrected chi connectivity index (χ0v) is 12.7. The van der Waals surface area contributed by atoms with Crippen LogP contribution in [0.2, 0.25) is 0 Å². The highest BCUT2D eigenvalue weighted by Gasteiger charge is 2.13. The Balaban J connectivity index is 2.19. The van der Waals surface area contributed by atoms with Crippen LogP contribution in [0.3, 0.4) is 0 Å². The van der Waals surface area contributed by atoms with E-state index in [0.29, 0.717) is 16.9 Å². The Hall–Kier alpha value is -1.66. The summed E-state index contributed by atoms with van der Waals surface area (Å²) in [5.74, 6) is 0.712. The van der Waals surface area contributed by atoms with E-state index in [1.165, 1.54) is 12.1 Å². The predicted octanol–water partition coefficient (Wildman–Crippen LogP) is 4.14. The van der Waals surface area contributed by atoms with Crippen LogP contribution in [0, 0.1) is 0 Å². The summed E-state index contributed by atoms with van der Waals surface area (Å²) in [4.78, 5) is 0. The summed E-state index contributed by atoms with van der Waals surface area (Å²) in [5, 5.41) is 10.3. The summed E-state index contributed by atoms with van der Waals surface area (Å²) in [6.07, 6.45) is -0.868. The van der Waals surface area contributed by atoms with Crippen LogP contribution in [0.1, 0.15) is 17.2 Å². The largest absolute Gasteiger partial charge is 0.496 e. The van der Waals surface area contributed by atoms with Gasteiger partial charge in [-0.3, -0.25) is 0 Å². The van der Waals surface area contributed by atoms with Crippen LogP contribution in [0.5, 0.6) is 11.5 Å².